The van der Waals surface area contributed by atoms with Gasteiger partial charge in [0.1, 0.15) is 0 Å². The molecule has 1 aliphatic rings. The lowest BCUT2D eigenvalue weighted by Crippen LogP contribution is -2.48. The first-order valence-electron chi connectivity index (χ1n) is 6.09. The fourth-order valence-corrected chi connectivity index (χ4v) is 2.55. The van der Waals surface area contributed by atoms with Gasteiger partial charge in [-0.3, -0.25) is 4.79 Å². The minimum atomic E-state index is 0.215. The molecule has 0 radical (unpaired) electrons. The maximum absolute atomic E-state index is 11.6. The van der Waals surface area contributed by atoms with Crippen LogP contribution in [0.3, 0.4) is 0 Å². The summed E-state index contributed by atoms with van der Waals surface area (Å²) in [7, 11) is 0. The molecule has 18 heavy (non-hydrogen) atoms. The van der Waals surface area contributed by atoms with Crippen LogP contribution in [0.25, 0.3) is 0 Å². The smallest absolute Gasteiger partial charge is 0.222 e. The minimum absolute atomic E-state index is 0.215. The molecule has 0 saturated carbocycles. The van der Waals surface area contributed by atoms with Gasteiger partial charge in [-0.05, 0) is 18.2 Å². The molecular weight excluding hydrogens is 271 g/mol. The first-order valence-corrected chi connectivity index (χ1v) is 6.85. The van der Waals surface area contributed by atoms with E-state index in [1.165, 1.54) is 0 Å². The van der Waals surface area contributed by atoms with Gasteiger partial charge in [0.15, 0.2) is 0 Å². The van der Waals surface area contributed by atoms with Crippen LogP contribution in [0, 0.1) is 0 Å². The van der Waals surface area contributed by atoms with E-state index in [1.807, 2.05) is 24.0 Å². The zero-order chi connectivity index (χ0) is 13.1. The zero-order valence-electron chi connectivity index (χ0n) is 10.3. The molecular formula is C13H16Cl2N2O. The first kappa shape index (κ1) is 13.5. The SMILES string of the molecule is CCC(=O)N1CCN(c2cc(Cl)ccc2Cl)CC1. The Bertz CT molecular complexity index is 443. The van der Waals surface area contributed by atoms with Crippen LogP contribution >= 0.6 is 23.2 Å². The second-order valence-electron chi connectivity index (χ2n) is 4.32. The Balaban J connectivity index is 2.05. The Labute approximate surface area is 117 Å². The maximum Gasteiger partial charge on any atom is 0.222 e. The Morgan fingerprint density at radius 3 is 2.50 bits per heavy atom. The highest BCUT2D eigenvalue weighted by atomic mass is 35.5. The highest BCUT2D eigenvalue weighted by Crippen LogP contribution is 2.29. The van der Waals surface area contributed by atoms with E-state index in [4.69, 9.17) is 23.2 Å². The van der Waals surface area contributed by atoms with E-state index >= 15 is 0 Å². The molecule has 1 saturated heterocycles. The molecule has 1 fully saturated rings. The lowest BCUT2D eigenvalue weighted by atomic mass is 10.2. The van der Waals surface area contributed by atoms with Crippen molar-refractivity contribution in [2.75, 3.05) is 31.1 Å². The maximum atomic E-state index is 11.6. The number of hydrogen-bond acceptors (Lipinski definition) is 2. The molecule has 98 valence electrons. The number of hydrogen-bond donors (Lipinski definition) is 0. The number of piperazine rings is 1. The number of benzene rings is 1. The highest BCUT2D eigenvalue weighted by Gasteiger charge is 2.21. The lowest BCUT2D eigenvalue weighted by molar-refractivity contribution is -0.131. The van der Waals surface area contributed by atoms with E-state index in [2.05, 4.69) is 4.90 Å². The van der Waals surface area contributed by atoms with E-state index in [0.717, 1.165) is 31.9 Å². The molecule has 1 heterocycles. The van der Waals surface area contributed by atoms with E-state index in [-0.39, 0.29) is 5.91 Å². The van der Waals surface area contributed by atoms with E-state index in [9.17, 15) is 4.79 Å². The molecule has 2 rings (SSSR count). The summed E-state index contributed by atoms with van der Waals surface area (Å²) in [4.78, 5) is 15.7. The Hall–Kier alpha value is -0.930. The van der Waals surface area contributed by atoms with Gasteiger partial charge >= 0.3 is 0 Å². The van der Waals surface area contributed by atoms with Crippen molar-refractivity contribution < 1.29 is 4.79 Å². The van der Waals surface area contributed by atoms with Gasteiger partial charge in [-0.25, -0.2) is 0 Å². The van der Waals surface area contributed by atoms with Gasteiger partial charge in [0.2, 0.25) is 5.91 Å². The molecule has 0 bridgehead atoms. The summed E-state index contributed by atoms with van der Waals surface area (Å²) in [6.07, 6.45) is 0.567. The molecule has 5 heteroatoms. The average molecular weight is 287 g/mol. The quantitative estimate of drug-likeness (QED) is 0.834. The van der Waals surface area contributed by atoms with Crippen LogP contribution < -0.4 is 4.90 Å². The third kappa shape index (κ3) is 2.90. The predicted molar refractivity (Wildman–Crippen MR) is 75.5 cm³/mol. The number of halogens is 2. The average Bonchev–Trinajstić information content (AvgIpc) is 2.41. The van der Waals surface area contributed by atoms with Gasteiger partial charge in [-0.1, -0.05) is 30.1 Å². The van der Waals surface area contributed by atoms with Crippen LogP contribution in [0.4, 0.5) is 5.69 Å². The summed E-state index contributed by atoms with van der Waals surface area (Å²) in [5.41, 5.74) is 0.952. The van der Waals surface area contributed by atoms with Crippen molar-refractivity contribution in [2.45, 2.75) is 13.3 Å². The number of anilines is 1. The van der Waals surface area contributed by atoms with Crippen LogP contribution in [-0.4, -0.2) is 37.0 Å². The van der Waals surface area contributed by atoms with Crippen molar-refractivity contribution in [1.82, 2.24) is 4.90 Å². The Morgan fingerprint density at radius 2 is 1.89 bits per heavy atom. The lowest BCUT2D eigenvalue weighted by Gasteiger charge is -2.36. The summed E-state index contributed by atoms with van der Waals surface area (Å²) in [6.45, 7) is 4.98. The zero-order valence-corrected chi connectivity index (χ0v) is 11.8. The number of amides is 1. The number of nitrogens with zero attached hydrogens (tertiary/aromatic N) is 2. The topological polar surface area (TPSA) is 23.6 Å². The van der Waals surface area contributed by atoms with Crippen LogP contribution in [0.1, 0.15) is 13.3 Å². The molecule has 0 unspecified atom stereocenters. The molecule has 1 amide bonds. The Morgan fingerprint density at radius 1 is 1.22 bits per heavy atom. The molecule has 0 atom stereocenters. The standard InChI is InChI=1S/C13H16Cl2N2O/c1-2-13(18)17-7-5-16(6-8-17)12-9-10(14)3-4-11(12)15/h3-4,9H,2,5-8H2,1H3. The van der Waals surface area contributed by atoms with Crippen molar-refractivity contribution in [3.8, 4) is 0 Å². The van der Waals surface area contributed by atoms with Crippen molar-refractivity contribution in [3.63, 3.8) is 0 Å². The third-order valence-corrected chi connectivity index (χ3v) is 3.74. The monoisotopic (exact) mass is 286 g/mol. The minimum Gasteiger partial charge on any atom is -0.367 e. The van der Waals surface area contributed by atoms with Crippen LogP contribution in [0.2, 0.25) is 10.0 Å². The predicted octanol–water partition coefficient (Wildman–Crippen LogP) is 3.05. The Kier molecular flexibility index (Phi) is 4.36. The van der Waals surface area contributed by atoms with Gasteiger partial charge in [0.25, 0.3) is 0 Å². The number of rotatable bonds is 2. The molecule has 1 aliphatic heterocycles. The van der Waals surface area contributed by atoms with E-state index < -0.39 is 0 Å². The molecule has 1 aromatic rings. The number of carbonyl (C=O) groups is 1. The fourth-order valence-electron chi connectivity index (χ4n) is 2.15. The van der Waals surface area contributed by atoms with Gasteiger partial charge in [0, 0.05) is 37.6 Å². The van der Waals surface area contributed by atoms with Gasteiger partial charge in [-0.2, -0.15) is 0 Å². The first-order chi connectivity index (χ1) is 8.61. The van der Waals surface area contributed by atoms with Gasteiger partial charge < -0.3 is 9.80 Å². The third-order valence-electron chi connectivity index (χ3n) is 3.18. The van der Waals surface area contributed by atoms with E-state index in [1.54, 1.807) is 6.07 Å². The van der Waals surface area contributed by atoms with E-state index in [0.29, 0.717) is 16.5 Å². The summed E-state index contributed by atoms with van der Waals surface area (Å²) in [5, 5.41) is 1.39. The largest absolute Gasteiger partial charge is 0.367 e. The normalized spacial score (nSPS) is 15.9. The van der Waals surface area contributed by atoms with Gasteiger partial charge in [0.05, 0.1) is 10.7 Å². The molecule has 0 spiro atoms. The van der Waals surface area contributed by atoms with Crippen molar-refractivity contribution in [1.29, 1.82) is 0 Å². The number of carbonyl (C=O) groups excluding carboxylic acids is 1. The van der Waals surface area contributed by atoms with Crippen LogP contribution in [0.5, 0.6) is 0 Å². The van der Waals surface area contributed by atoms with Crippen molar-refractivity contribution in [2.24, 2.45) is 0 Å². The van der Waals surface area contributed by atoms with Crippen LogP contribution in [-0.2, 0) is 4.79 Å². The molecule has 0 N–H and O–H groups in total. The second kappa shape index (κ2) is 5.81. The summed E-state index contributed by atoms with van der Waals surface area (Å²) < 4.78 is 0. The molecule has 1 aromatic carbocycles. The second-order valence-corrected chi connectivity index (χ2v) is 5.16. The summed E-state index contributed by atoms with van der Waals surface area (Å²) in [6, 6.07) is 5.47. The van der Waals surface area contributed by atoms with Crippen molar-refractivity contribution >= 4 is 34.8 Å². The molecule has 0 aliphatic carbocycles. The van der Waals surface area contributed by atoms with Gasteiger partial charge in [-0.15, -0.1) is 0 Å². The highest BCUT2D eigenvalue weighted by molar-refractivity contribution is 6.35. The molecule has 3 nitrogen and oxygen atoms in total. The summed E-state index contributed by atoms with van der Waals surface area (Å²) in [5.74, 6) is 0.215. The van der Waals surface area contributed by atoms with Crippen molar-refractivity contribution in [3.05, 3.63) is 28.2 Å². The van der Waals surface area contributed by atoms with Crippen LogP contribution in [0.15, 0.2) is 18.2 Å². The fraction of sp³-hybridized carbons (Fsp3) is 0.462. The summed E-state index contributed by atoms with van der Waals surface area (Å²) >= 11 is 12.2. The molecule has 0 aromatic heterocycles.